The van der Waals surface area contributed by atoms with Crippen molar-refractivity contribution in [1.82, 2.24) is 14.9 Å². The Bertz CT molecular complexity index is 869. The molecule has 1 saturated heterocycles. The SMILES string of the molecule is O=C(NCC1CCCS1(=O)=O)c1c[nH]c(=S)n1-c1ccccc1. The van der Waals surface area contributed by atoms with Crippen LogP contribution in [0.15, 0.2) is 36.5 Å². The number of carbonyl (C=O) groups is 1. The van der Waals surface area contributed by atoms with Crippen molar-refractivity contribution in [1.29, 1.82) is 0 Å². The molecule has 0 spiro atoms. The van der Waals surface area contributed by atoms with Crippen LogP contribution in [0.4, 0.5) is 0 Å². The fourth-order valence-corrected chi connectivity index (χ4v) is 4.78. The molecule has 2 heterocycles. The molecule has 0 bridgehead atoms. The van der Waals surface area contributed by atoms with E-state index in [-0.39, 0.29) is 18.2 Å². The van der Waals surface area contributed by atoms with E-state index in [0.717, 1.165) is 5.69 Å². The fraction of sp³-hybridized carbons (Fsp3) is 0.333. The average Bonchev–Trinajstić information content (AvgIpc) is 3.08. The summed E-state index contributed by atoms with van der Waals surface area (Å²) in [5.41, 5.74) is 1.13. The summed E-state index contributed by atoms with van der Waals surface area (Å²) in [6, 6.07) is 9.29. The number of nitrogens with one attached hydrogen (secondary N) is 2. The van der Waals surface area contributed by atoms with Crippen molar-refractivity contribution >= 4 is 28.0 Å². The van der Waals surface area contributed by atoms with Gasteiger partial charge in [-0.25, -0.2) is 8.42 Å². The van der Waals surface area contributed by atoms with Gasteiger partial charge in [-0.2, -0.15) is 0 Å². The highest BCUT2D eigenvalue weighted by Gasteiger charge is 2.31. The van der Waals surface area contributed by atoms with Crippen LogP contribution in [0.2, 0.25) is 0 Å². The van der Waals surface area contributed by atoms with Crippen molar-refractivity contribution < 1.29 is 13.2 Å². The van der Waals surface area contributed by atoms with Crippen LogP contribution in [0.5, 0.6) is 0 Å². The maximum Gasteiger partial charge on any atom is 0.269 e. The molecule has 1 atom stereocenters. The van der Waals surface area contributed by atoms with Crippen LogP contribution in [0, 0.1) is 4.77 Å². The largest absolute Gasteiger partial charge is 0.349 e. The summed E-state index contributed by atoms with van der Waals surface area (Å²) in [6.45, 7) is 0.133. The molecule has 2 aromatic rings. The highest BCUT2D eigenvalue weighted by molar-refractivity contribution is 7.92. The molecule has 1 aliphatic rings. The zero-order valence-corrected chi connectivity index (χ0v) is 14.0. The fourth-order valence-electron chi connectivity index (χ4n) is 2.75. The van der Waals surface area contributed by atoms with Gasteiger partial charge in [0, 0.05) is 18.4 Å². The van der Waals surface area contributed by atoms with E-state index in [2.05, 4.69) is 10.3 Å². The Kier molecular flexibility index (Phi) is 4.36. The highest BCUT2D eigenvalue weighted by atomic mass is 32.2. The molecule has 1 aromatic carbocycles. The van der Waals surface area contributed by atoms with Crippen LogP contribution in [0.3, 0.4) is 0 Å². The Morgan fingerprint density at radius 3 is 2.74 bits per heavy atom. The van der Waals surface area contributed by atoms with Crippen molar-refractivity contribution in [2.45, 2.75) is 18.1 Å². The number of rotatable bonds is 4. The van der Waals surface area contributed by atoms with Gasteiger partial charge in [-0.05, 0) is 37.2 Å². The monoisotopic (exact) mass is 351 g/mol. The second kappa shape index (κ2) is 6.29. The van der Waals surface area contributed by atoms with E-state index >= 15 is 0 Å². The lowest BCUT2D eigenvalue weighted by Gasteiger charge is -2.12. The minimum atomic E-state index is -3.07. The van der Waals surface area contributed by atoms with Gasteiger partial charge in [-0.15, -0.1) is 0 Å². The van der Waals surface area contributed by atoms with Gasteiger partial charge in [0.25, 0.3) is 5.91 Å². The minimum absolute atomic E-state index is 0.133. The molecular weight excluding hydrogens is 334 g/mol. The van der Waals surface area contributed by atoms with E-state index < -0.39 is 15.1 Å². The maximum absolute atomic E-state index is 12.4. The number of nitrogens with zero attached hydrogens (tertiary/aromatic N) is 1. The Morgan fingerprint density at radius 2 is 2.09 bits per heavy atom. The molecule has 1 aromatic heterocycles. The lowest BCUT2D eigenvalue weighted by Crippen LogP contribution is -2.35. The van der Waals surface area contributed by atoms with Crippen molar-refractivity contribution in [3.05, 3.63) is 47.0 Å². The quantitative estimate of drug-likeness (QED) is 0.823. The minimum Gasteiger partial charge on any atom is -0.349 e. The third-order valence-electron chi connectivity index (χ3n) is 3.98. The van der Waals surface area contributed by atoms with Gasteiger partial charge >= 0.3 is 0 Å². The number of H-pyrrole nitrogens is 1. The second-order valence-corrected chi connectivity index (χ2v) is 8.28. The number of amides is 1. The van der Waals surface area contributed by atoms with Crippen LogP contribution >= 0.6 is 12.2 Å². The predicted octanol–water partition coefficient (Wildman–Crippen LogP) is 1.84. The van der Waals surface area contributed by atoms with Gasteiger partial charge in [-0.1, -0.05) is 18.2 Å². The Labute approximate surface area is 139 Å². The lowest BCUT2D eigenvalue weighted by molar-refractivity contribution is 0.0946. The smallest absolute Gasteiger partial charge is 0.269 e. The summed E-state index contributed by atoms with van der Waals surface area (Å²) in [5.74, 6) is -0.138. The van der Waals surface area contributed by atoms with Crippen LogP contribution in [-0.4, -0.2) is 41.4 Å². The zero-order valence-electron chi connectivity index (χ0n) is 12.4. The second-order valence-electron chi connectivity index (χ2n) is 5.49. The van der Waals surface area contributed by atoms with Crippen molar-refractivity contribution in [3.63, 3.8) is 0 Å². The molecule has 1 fully saturated rings. The summed E-state index contributed by atoms with van der Waals surface area (Å²) < 4.78 is 25.7. The normalized spacial score (nSPS) is 19.6. The number of sulfone groups is 1. The molecule has 0 radical (unpaired) electrons. The first-order valence-electron chi connectivity index (χ1n) is 7.34. The molecule has 3 rings (SSSR count). The van der Waals surface area contributed by atoms with E-state index in [0.29, 0.717) is 23.3 Å². The predicted molar refractivity (Wildman–Crippen MR) is 90.1 cm³/mol. The van der Waals surface area contributed by atoms with Gasteiger partial charge < -0.3 is 10.3 Å². The van der Waals surface area contributed by atoms with Gasteiger partial charge in [-0.3, -0.25) is 9.36 Å². The van der Waals surface area contributed by atoms with Gasteiger partial charge in [0.1, 0.15) is 5.69 Å². The maximum atomic E-state index is 12.4. The topological polar surface area (TPSA) is 84.0 Å². The standard InChI is InChI=1S/C15H17N3O3S2/c19-14(16-9-12-7-4-8-23(12,20)21)13-10-17-15(22)18(13)11-5-2-1-3-6-11/h1-3,5-6,10,12H,4,7-9H2,(H,16,19)(H,17,22). The van der Waals surface area contributed by atoms with Crippen molar-refractivity contribution in [2.75, 3.05) is 12.3 Å². The number of hydrogen-bond acceptors (Lipinski definition) is 4. The molecule has 23 heavy (non-hydrogen) atoms. The highest BCUT2D eigenvalue weighted by Crippen LogP contribution is 2.19. The number of aromatic amines is 1. The van der Waals surface area contributed by atoms with Crippen LogP contribution < -0.4 is 5.32 Å². The number of aromatic nitrogens is 2. The Morgan fingerprint density at radius 1 is 1.35 bits per heavy atom. The summed E-state index contributed by atoms with van der Waals surface area (Å²) >= 11 is 5.23. The molecular formula is C15H17N3O3S2. The van der Waals surface area contributed by atoms with Gasteiger partial charge in [0.2, 0.25) is 0 Å². The molecule has 6 nitrogen and oxygen atoms in total. The number of hydrogen-bond donors (Lipinski definition) is 2. The summed E-state index contributed by atoms with van der Waals surface area (Å²) in [5, 5.41) is 2.23. The molecule has 122 valence electrons. The molecule has 0 saturated carbocycles. The van der Waals surface area contributed by atoms with Crippen LogP contribution in [-0.2, 0) is 9.84 Å². The number of benzene rings is 1. The molecule has 1 amide bonds. The van der Waals surface area contributed by atoms with E-state index in [1.807, 2.05) is 30.3 Å². The van der Waals surface area contributed by atoms with Crippen LogP contribution in [0.25, 0.3) is 5.69 Å². The van der Waals surface area contributed by atoms with E-state index in [1.54, 1.807) is 4.57 Å². The third-order valence-corrected chi connectivity index (χ3v) is 6.55. The first kappa shape index (κ1) is 15.9. The summed E-state index contributed by atoms with van der Waals surface area (Å²) in [6.07, 6.45) is 2.79. The molecule has 8 heteroatoms. The number of para-hydroxylation sites is 1. The summed E-state index contributed by atoms with van der Waals surface area (Å²) in [4.78, 5) is 15.3. The van der Waals surface area contributed by atoms with Crippen molar-refractivity contribution in [3.8, 4) is 5.69 Å². The number of imidazole rings is 1. The van der Waals surface area contributed by atoms with E-state index in [4.69, 9.17) is 12.2 Å². The number of carbonyl (C=O) groups excluding carboxylic acids is 1. The van der Waals surface area contributed by atoms with Crippen molar-refractivity contribution in [2.24, 2.45) is 0 Å². The lowest BCUT2D eigenvalue weighted by atomic mass is 10.2. The first-order valence-corrected chi connectivity index (χ1v) is 9.47. The molecule has 0 aliphatic carbocycles. The molecule has 1 unspecified atom stereocenters. The van der Waals surface area contributed by atoms with Gasteiger partial charge in [0.05, 0.1) is 11.0 Å². The Balaban J connectivity index is 1.80. The third kappa shape index (κ3) is 3.23. The van der Waals surface area contributed by atoms with E-state index in [1.165, 1.54) is 6.20 Å². The zero-order chi connectivity index (χ0) is 16.4. The summed E-state index contributed by atoms with van der Waals surface area (Å²) in [7, 11) is -3.07. The van der Waals surface area contributed by atoms with Gasteiger partial charge in [0.15, 0.2) is 14.6 Å². The molecule has 1 aliphatic heterocycles. The first-order chi connectivity index (χ1) is 11.0. The average molecular weight is 351 g/mol. The van der Waals surface area contributed by atoms with Crippen LogP contribution in [0.1, 0.15) is 23.3 Å². The molecule has 2 N–H and O–H groups in total. The van der Waals surface area contributed by atoms with E-state index in [9.17, 15) is 13.2 Å². The Hall–Kier alpha value is -1.93.